The minimum Gasteiger partial charge on any atom is -0.465 e. The van der Waals surface area contributed by atoms with Crippen molar-refractivity contribution < 1.29 is 9.53 Å². The Bertz CT molecular complexity index is 594. The number of aliphatic imine (C=N–C) groups is 1. The summed E-state index contributed by atoms with van der Waals surface area (Å²) in [5.74, 6) is -0.414. The fourth-order valence-electron chi connectivity index (χ4n) is 1.64. The average Bonchev–Trinajstić information content (AvgIpc) is 2.68. The highest BCUT2D eigenvalue weighted by Crippen LogP contribution is 2.29. The van der Waals surface area contributed by atoms with Gasteiger partial charge in [0.2, 0.25) is 0 Å². The molecule has 0 radical (unpaired) electrons. The van der Waals surface area contributed by atoms with Crippen molar-refractivity contribution in [3.05, 3.63) is 41.0 Å². The van der Waals surface area contributed by atoms with Gasteiger partial charge in [-0.15, -0.1) is 0 Å². The van der Waals surface area contributed by atoms with Gasteiger partial charge in [-0.3, -0.25) is 0 Å². The lowest BCUT2D eigenvalue weighted by Gasteiger charge is -2.01. The van der Waals surface area contributed by atoms with Crippen LogP contribution in [0, 0.1) is 11.3 Å². The number of nitrogens with two attached hydrogens (primary N) is 1. The summed E-state index contributed by atoms with van der Waals surface area (Å²) in [5, 5.41) is 8.98. The van der Waals surface area contributed by atoms with Crippen LogP contribution in [0.4, 0.5) is 0 Å². The molecule has 84 valence electrons. The predicted octanol–water partition coefficient (Wildman–Crippen LogP) is 0.813. The largest absolute Gasteiger partial charge is 0.465 e. The molecule has 1 aromatic rings. The molecule has 1 aromatic carbocycles. The van der Waals surface area contributed by atoms with Gasteiger partial charge >= 0.3 is 5.97 Å². The Morgan fingerprint density at radius 1 is 1.41 bits per heavy atom. The van der Waals surface area contributed by atoms with Gasteiger partial charge in [0.1, 0.15) is 11.9 Å². The number of methoxy groups -OCH3 is 1. The van der Waals surface area contributed by atoms with Crippen molar-refractivity contribution in [2.24, 2.45) is 10.7 Å². The van der Waals surface area contributed by atoms with Crippen LogP contribution in [0.2, 0.25) is 0 Å². The van der Waals surface area contributed by atoms with E-state index in [-0.39, 0.29) is 11.3 Å². The van der Waals surface area contributed by atoms with Crippen LogP contribution in [0.1, 0.15) is 11.1 Å². The number of amidine groups is 1. The molecule has 0 spiro atoms. The molecule has 0 aliphatic carbocycles. The van der Waals surface area contributed by atoms with Crippen LogP contribution in [-0.2, 0) is 9.53 Å². The second-order valence-corrected chi connectivity index (χ2v) is 3.37. The molecule has 0 unspecified atom stereocenters. The molecule has 2 rings (SSSR count). The minimum atomic E-state index is -0.712. The van der Waals surface area contributed by atoms with Gasteiger partial charge in [0, 0.05) is 11.1 Å². The molecular weight excluding hydrogens is 218 g/mol. The fraction of sp³-hybridized carbons (Fsp3) is 0.0833. The van der Waals surface area contributed by atoms with Crippen LogP contribution in [0.15, 0.2) is 34.8 Å². The van der Waals surface area contributed by atoms with E-state index in [4.69, 9.17) is 11.0 Å². The number of nitrogens with zero attached hydrogens (tertiary/aromatic N) is 2. The summed E-state index contributed by atoms with van der Waals surface area (Å²) in [7, 11) is 1.22. The number of carbonyl (C=O) groups excluding carboxylic acids is 1. The maximum absolute atomic E-state index is 11.4. The molecule has 5 heteroatoms. The highest BCUT2D eigenvalue weighted by atomic mass is 16.5. The number of benzene rings is 1. The lowest BCUT2D eigenvalue weighted by molar-refractivity contribution is -0.135. The van der Waals surface area contributed by atoms with Crippen molar-refractivity contribution in [3.63, 3.8) is 0 Å². The number of hydrogen-bond donors (Lipinski definition) is 1. The van der Waals surface area contributed by atoms with Crippen molar-refractivity contribution >= 4 is 17.5 Å². The molecule has 1 heterocycles. The van der Waals surface area contributed by atoms with Crippen LogP contribution in [-0.4, -0.2) is 18.9 Å². The number of nitriles is 1. The summed E-state index contributed by atoms with van der Waals surface area (Å²) in [6.07, 6.45) is 0. The highest BCUT2D eigenvalue weighted by molar-refractivity contribution is 6.13. The predicted molar refractivity (Wildman–Crippen MR) is 61.7 cm³/mol. The van der Waals surface area contributed by atoms with Crippen LogP contribution in [0.3, 0.4) is 0 Å². The van der Waals surface area contributed by atoms with Crippen LogP contribution in [0.25, 0.3) is 5.70 Å². The summed E-state index contributed by atoms with van der Waals surface area (Å²) in [4.78, 5) is 15.5. The van der Waals surface area contributed by atoms with E-state index in [1.807, 2.05) is 6.07 Å². The number of rotatable bonds is 1. The van der Waals surface area contributed by atoms with E-state index in [0.717, 1.165) is 5.56 Å². The zero-order valence-electron chi connectivity index (χ0n) is 9.10. The van der Waals surface area contributed by atoms with E-state index in [9.17, 15) is 4.79 Å². The lowest BCUT2D eigenvalue weighted by atomic mass is 10.0. The average molecular weight is 227 g/mol. The van der Waals surface area contributed by atoms with Crippen molar-refractivity contribution in [2.45, 2.75) is 0 Å². The molecule has 0 aromatic heterocycles. The number of ether oxygens (including phenoxy) is 1. The smallest absolute Gasteiger partial charge is 0.350 e. The summed E-state index contributed by atoms with van der Waals surface area (Å²) in [6, 6.07) is 8.95. The van der Waals surface area contributed by atoms with Gasteiger partial charge in [-0.25, -0.2) is 9.79 Å². The molecule has 5 nitrogen and oxygen atoms in total. The van der Waals surface area contributed by atoms with Gasteiger partial charge in [-0.2, -0.15) is 5.26 Å². The second-order valence-electron chi connectivity index (χ2n) is 3.37. The molecule has 0 saturated heterocycles. The third-order valence-corrected chi connectivity index (χ3v) is 2.43. The molecule has 2 N–H and O–H groups in total. The van der Waals surface area contributed by atoms with E-state index in [1.54, 1.807) is 24.3 Å². The molecule has 0 amide bonds. The molecule has 0 saturated carbocycles. The summed E-state index contributed by atoms with van der Waals surface area (Å²) >= 11 is 0. The highest BCUT2D eigenvalue weighted by Gasteiger charge is 2.24. The zero-order chi connectivity index (χ0) is 12.4. The van der Waals surface area contributed by atoms with Crippen LogP contribution >= 0.6 is 0 Å². The SMILES string of the molecule is COC(=O)/C(C#N)=C1/N=C(N)c2ccccc21. The zero-order valence-corrected chi connectivity index (χ0v) is 9.10. The Hall–Kier alpha value is -2.61. The van der Waals surface area contributed by atoms with Crippen molar-refractivity contribution in [1.29, 1.82) is 5.26 Å². The monoisotopic (exact) mass is 227 g/mol. The van der Waals surface area contributed by atoms with Crippen LogP contribution < -0.4 is 5.73 Å². The third-order valence-electron chi connectivity index (χ3n) is 2.43. The topological polar surface area (TPSA) is 88.5 Å². The standard InChI is InChI=1S/C12H9N3O2/c1-17-12(16)9(6-13)10-7-4-2-3-5-8(7)11(14)15-10/h2-5H,1H3,(H2,14,15)/b10-9+. The van der Waals surface area contributed by atoms with Gasteiger partial charge in [-0.1, -0.05) is 24.3 Å². The van der Waals surface area contributed by atoms with E-state index < -0.39 is 5.97 Å². The second kappa shape index (κ2) is 4.10. The normalized spacial score (nSPS) is 15.6. The van der Waals surface area contributed by atoms with E-state index in [2.05, 4.69) is 9.73 Å². The number of esters is 1. The van der Waals surface area contributed by atoms with E-state index >= 15 is 0 Å². The summed E-state index contributed by atoms with van der Waals surface area (Å²) in [6.45, 7) is 0. The number of fused-ring (bicyclic) bond motifs is 1. The molecule has 0 fully saturated rings. The van der Waals surface area contributed by atoms with Crippen molar-refractivity contribution in [2.75, 3.05) is 7.11 Å². The maximum Gasteiger partial charge on any atom is 0.350 e. The van der Waals surface area contributed by atoms with E-state index in [0.29, 0.717) is 11.4 Å². The van der Waals surface area contributed by atoms with Gasteiger partial charge in [0.25, 0.3) is 0 Å². The third kappa shape index (κ3) is 1.66. The van der Waals surface area contributed by atoms with Gasteiger partial charge in [0.15, 0.2) is 5.57 Å². The first-order valence-electron chi connectivity index (χ1n) is 4.85. The quantitative estimate of drug-likeness (QED) is 0.437. The Morgan fingerprint density at radius 2 is 2.06 bits per heavy atom. The first kappa shape index (κ1) is 10.9. The maximum atomic E-state index is 11.4. The Labute approximate surface area is 97.8 Å². The lowest BCUT2D eigenvalue weighted by Crippen LogP contribution is -2.09. The Kier molecular flexibility index (Phi) is 2.63. The fourth-order valence-corrected chi connectivity index (χ4v) is 1.64. The van der Waals surface area contributed by atoms with Crippen LogP contribution in [0.5, 0.6) is 0 Å². The minimum absolute atomic E-state index is 0.139. The number of hydrogen-bond acceptors (Lipinski definition) is 5. The summed E-state index contributed by atoms with van der Waals surface area (Å²) in [5.41, 5.74) is 7.25. The first-order chi connectivity index (χ1) is 8.19. The Balaban J connectivity index is 2.68. The van der Waals surface area contributed by atoms with Crippen molar-refractivity contribution in [1.82, 2.24) is 0 Å². The molecule has 1 aliphatic rings. The number of carbonyl (C=O) groups is 1. The Morgan fingerprint density at radius 3 is 2.65 bits per heavy atom. The van der Waals surface area contributed by atoms with E-state index in [1.165, 1.54) is 7.11 Å². The molecule has 0 bridgehead atoms. The molecule has 0 atom stereocenters. The first-order valence-corrected chi connectivity index (χ1v) is 4.85. The van der Waals surface area contributed by atoms with Gasteiger partial charge in [0.05, 0.1) is 12.8 Å². The van der Waals surface area contributed by atoms with Gasteiger partial charge < -0.3 is 10.5 Å². The molecule has 17 heavy (non-hydrogen) atoms. The summed E-state index contributed by atoms with van der Waals surface area (Å²) < 4.78 is 4.54. The van der Waals surface area contributed by atoms with Gasteiger partial charge in [-0.05, 0) is 0 Å². The molecular formula is C12H9N3O2. The van der Waals surface area contributed by atoms with Crippen molar-refractivity contribution in [3.8, 4) is 6.07 Å². The molecule has 1 aliphatic heterocycles.